The predicted octanol–water partition coefficient (Wildman–Crippen LogP) is 4.09. The zero-order chi connectivity index (χ0) is 15.5. The van der Waals surface area contributed by atoms with Crippen LogP contribution in [-0.2, 0) is 11.3 Å². The first-order valence-corrected chi connectivity index (χ1v) is 7.80. The van der Waals surface area contributed by atoms with Crippen LogP contribution in [0.3, 0.4) is 0 Å². The van der Waals surface area contributed by atoms with E-state index in [1.807, 2.05) is 36.4 Å². The summed E-state index contributed by atoms with van der Waals surface area (Å²) in [6.45, 7) is 2.12. The molecule has 0 aromatic heterocycles. The summed E-state index contributed by atoms with van der Waals surface area (Å²) in [5.74, 6) is 0.0525. The number of hydrogen-bond donors (Lipinski definition) is 0. The first kappa shape index (κ1) is 15.5. The van der Waals surface area contributed by atoms with Crippen molar-refractivity contribution >= 4 is 11.6 Å². The van der Waals surface area contributed by atoms with E-state index >= 15 is 0 Å². The fourth-order valence-corrected chi connectivity index (χ4v) is 3.21. The quantitative estimate of drug-likeness (QED) is 0.841. The van der Waals surface area contributed by atoms with Crippen molar-refractivity contribution < 1.29 is 9.13 Å². The summed E-state index contributed by atoms with van der Waals surface area (Å²) < 4.78 is 18.8. The third-order valence-electron chi connectivity index (χ3n) is 4.29. The molecule has 2 nitrogen and oxygen atoms in total. The Kier molecular flexibility index (Phi) is 4.77. The lowest BCUT2D eigenvalue weighted by atomic mass is 9.93. The fourth-order valence-electron chi connectivity index (χ4n) is 3.02. The molecule has 0 N–H and O–H groups in total. The van der Waals surface area contributed by atoms with Gasteiger partial charge in [-0.2, -0.15) is 0 Å². The molecule has 1 heterocycles. The van der Waals surface area contributed by atoms with E-state index in [0.717, 1.165) is 22.7 Å². The monoisotopic (exact) mass is 319 g/mol. The summed E-state index contributed by atoms with van der Waals surface area (Å²) in [7, 11) is 2.08. The highest BCUT2D eigenvalue weighted by atomic mass is 35.5. The van der Waals surface area contributed by atoms with Gasteiger partial charge in [-0.15, -0.1) is 0 Å². The Labute approximate surface area is 135 Å². The normalized spacial score (nSPS) is 21.5. The average Bonchev–Trinajstić information content (AvgIpc) is 3.00. The number of ether oxygens (including phenoxy) is 1. The van der Waals surface area contributed by atoms with Gasteiger partial charge >= 0.3 is 0 Å². The van der Waals surface area contributed by atoms with E-state index in [2.05, 4.69) is 11.9 Å². The maximum absolute atomic E-state index is 13.1. The van der Waals surface area contributed by atoms with Crippen molar-refractivity contribution in [2.24, 2.45) is 0 Å². The van der Waals surface area contributed by atoms with Crippen LogP contribution in [0.25, 0.3) is 0 Å². The summed E-state index contributed by atoms with van der Waals surface area (Å²) >= 11 is 6.25. The van der Waals surface area contributed by atoms with Gasteiger partial charge in [0.05, 0.1) is 13.2 Å². The molecule has 1 aliphatic heterocycles. The number of halogens is 2. The van der Waals surface area contributed by atoms with Crippen molar-refractivity contribution in [1.29, 1.82) is 0 Å². The van der Waals surface area contributed by atoms with Crippen LogP contribution in [0, 0.1) is 5.82 Å². The van der Waals surface area contributed by atoms with Crippen molar-refractivity contribution in [3.05, 3.63) is 70.5 Å². The third-order valence-corrected chi connectivity index (χ3v) is 4.66. The highest BCUT2D eigenvalue weighted by Crippen LogP contribution is 2.30. The Hall–Kier alpha value is -1.42. The Bertz CT molecular complexity index is 631. The van der Waals surface area contributed by atoms with Crippen LogP contribution in [0.1, 0.15) is 17.0 Å². The number of rotatable bonds is 4. The van der Waals surface area contributed by atoms with Crippen LogP contribution in [0.5, 0.6) is 0 Å². The second-order valence-corrected chi connectivity index (χ2v) is 6.18. The van der Waals surface area contributed by atoms with E-state index in [4.69, 9.17) is 16.3 Å². The minimum atomic E-state index is -0.205. The van der Waals surface area contributed by atoms with Gasteiger partial charge in [0.2, 0.25) is 0 Å². The topological polar surface area (TPSA) is 12.5 Å². The van der Waals surface area contributed by atoms with E-state index in [0.29, 0.717) is 13.2 Å². The van der Waals surface area contributed by atoms with Crippen molar-refractivity contribution in [3.63, 3.8) is 0 Å². The van der Waals surface area contributed by atoms with Crippen LogP contribution in [0.2, 0.25) is 5.02 Å². The molecule has 2 aromatic carbocycles. The molecule has 4 heteroatoms. The van der Waals surface area contributed by atoms with Crippen LogP contribution < -0.4 is 0 Å². The van der Waals surface area contributed by atoms with Crippen LogP contribution in [-0.4, -0.2) is 31.2 Å². The second-order valence-electron chi connectivity index (χ2n) is 5.77. The molecule has 22 heavy (non-hydrogen) atoms. The van der Waals surface area contributed by atoms with Gasteiger partial charge in [0.1, 0.15) is 5.82 Å². The first-order chi connectivity index (χ1) is 10.6. The number of nitrogens with zero attached hydrogens (tertiary/aromatic N) is 1. The zero-order valence-corrected chi connectivity index (χ0v) is 13.3. The summed E-state index contributed by atoms with van der Waals surface area (Å²) in [4.78, 5) is 2.27. The van der Waals surface area contributed by atoms with Crippen molar-refractivity contribution in [1.82, 2.24) is 4.90 Å². The molecule has 0 aliphatic carbocycles. The molecule has 0 radical (unpaired) electrons. The van der Waals surface area contributed by atoms with Gasteiger partial charge in [-0.25, -0.2) is 4.39 Å². The smallest absolute Gasteiger partial charge is 0.123 e. The number of benzene rings is 2. The molecule has 1 fully saturated rings. The first-order valence-electron chi connectivity index (χ1n) is 7.42. The van der Waals surface area contributed by atoms with Crippen molar-refractivity contribution in [3.8, 4) is 0 Å². The molecule has 0 unspecified atom stereocenters. The lowest BCUT2D eigenvalue weighted by Gasteiger charge is -2.28. The fraction of sp³-hybridized carbons (Fsp3) is 0.333. The van der Waals surface area contributed by atoms with Gasteiger partial charge in [0, 0.05) is 23.5 Å². The van der Waals surface area contributed by atoms with Crippen LogP contribution >= 0.6 is 11.6 Å². The van der Waals surface area contributed by atoms with E-state index in [1.54, 1.807) is 0 Å². The molecule has 0 bridgehead atoms. The van der Waals surface area contributed by atoms with Crippen molar-refractivity contribution in [2.75, 3.05) is 20.3 Å². The highest BCUT2D eigenvalue weighted by Gasteiger charge is 2.32. The lowest BCUT2D eigenvalue weighted by Crippen LogP contribution is -2.36. The van der Waals surface area contributed by atoms with Gasteiger partial charge < -0.3 is 4.74 Å². The Balaban J connectivity index is 1.75. The molecule has 2 aromatic rings. The Morgan fingerprint density at radius 3 is 2.59 bits per heavy atom. The maximum Gasteiger partial charge on any atom is 0.123 e. The molecule has 1 saturated heterocycles. The SMILES string of the molecule is CN(Cc1ccccc1Cl)[C@@H]1COC[C@H]1c1ccc(F)cc1. The molecular weight excluding hydrogens is 301 g/mol. The van der Waals surface area contributed by atoms with E-state index in [-0.39, 0.29) is 17.8 Å². The van der Waals surface area contributed by atoms with E-state index in [1.165, 1.54) is 12.1 Å². The average molecular weight is 320 g/mol. The van der Waals surface area contributed by atoms with Gasteiger partial charge in [0.25, 0.3) is 0 Å². The zero-order valence-electron chi connectivity index (χ0n) is 12.5. The summed E-state index contributed by atoms with van der Waals surface area (Å²) in [6, 6.07) is 14.9. The minimum Gasteiger partial charge on any atom is -0.379 e. The number of likely N-dealkylation sites (N-methyl/N-ethyl adjacent to an activating group) is 1. The minimum absolute atomic E-state index is 0.205. The Morgan fingerprint density at radius 2 is 1.86 bits per heavy atom. The second kappa shape index (κ2) is 6.78. The van der Waals surface area contributed by atoms with E-state index in [9.17, 15) is 4.39 Å². The summed E-state index contributed by atoms with van der Waals surface area (Å²) in [6.07, 6.45) is 0. The molecule has 1 aliphatic rings. The van der Waals surface area contributed by atoms with Gasteiger partial charge in [0.15, 0.2) is 0 Å². The van der Waals surface area contributed by atoms with Gasteiger partial charge in [-0.3, -0.25) is 4.90 Å². The lowest BCUT2D eigenvalue weighted by molar-refractivity contribution is 0.156. The predicted molar refractivity (Wildman–Crippen MR) is 86.7 cm³/mol. The van der Waals surface area contributed by atoms with Gasteiger partial charge in [-0.05, 0) is 36.4 Å². The van der Waals surface area contributed by atoms with Crippen LogP contribution in [0.4, 0.5) is 4.39 Å². The largest absolute Gasteiger partial charge is 0.379 e. The molecule has 3 rings (SSSR count). The summed E-state index contributed by atoms with van der Waals surface area (Å²) in [5, 5.41) is 0.784. The highest BCUT2D eigenvalue weighted by molar-refractivity contribution is 6.31. The summed E-state index contributed by atoms with van der Waals surface area (Å²) in [5.41, 5.74) is 2.23. The van der Waals surface area contributed by atoms with Gasteiger partial charge in [-0.1, -0.05) is 41.9 Å². The molecule has 0 amide bonds. The standard InChI is InChI=1S/C18H19ClFNO/c1-21(10-14-4-2-3-5-17(14)19)18-12-22-11-16(18)13-6-8-15(20)9-7-13/h2-9,16,18H,10-12H2,1H3/t16-,18+/m0/s1. The Morgan fingerprint density at radius 1 is 1.14 bits per heavy atom. The number of hydrogen-bond acceptors (Lipinski definition) is 2. The van der Waals surface area contributed by atoms with Crippen molar-refractivity contribution in [2.45, 2.75) is 18.5 Å². The third kappa shape index (κ3) is 3.32. The molecular formula is C18H19ClFNO. The van der Waals surface area contributed by atoms with E-state index < -0.39 is 0 Å². The molecule has 0 saturated carbocycles. The molecule has 0 spiro atoms. The van der Waals surface area contributed by atoms with Crippen LogP contribution in [0.15, 0.2) is 48.5 Å². The maximum atomic E-state index is 13.1. The molecule has 2 atom stereocenters. The molecule has 116 valence electrons.